The minimum atomic E-state index is 0.600. The summed E-state index contributed by atoms with van der Waals surface area (Å²) in [7, 11) is 0. The molecular formula is C14H12BrN5. The molecule has 1 N–H and O–H groups in total. The third-order valence-electron chi connectivity index (χ3n) is 2.81. The van der Waals surface area contributed by atoms with Crippen molar-refractivity contribution in [2.75, 3.05) is 11.9 Å². The van der Waals surface area contributed by atoms with Gasteiger partial charge in [-0.2, -0.15) is 5.10 Å². The number of aromatic nitrogens is 4. The topological polar surface area (TPSA) is 55.6 Å². The highest BCUT2D eigenvalue weighted by Gasteiger charge is 2.10. The smallest absolute Gasteiger partial charge is 0.168 e. The van der Waals surface area contributed by atoms with Crippen molar-refractivity contribution in [3.05, 3.63) is 53.9 Å². The molecule has 0 radical (unpaired) electrons. The Kier molecular flexibility index (Phi) is 3.47. The lowest BCUT2D eigenvalue weighted by Crippen LogP contribution is -2.04. The number of rotatable bonds is 4. The highest BCUT2D eigenvalue weighted by atomic mass is 79.9. The average Bonchev–Trinajstić information content (AvgIpc) is 2.90. The summed E-state index contributed by atoms with van der Waals surface area (Å²) in [5.41, 5.74) is 1.74. The van der Waals surface area contributed by atoms with Crippen LogP contribution in [0.2, 0.25) is 0 Å². The Morgan fingerprint density at radius 2 is 2.05 bits per heavy atom. The summed E-state index contributed by atoms with van der Waals surface area (Å²) in [6.45, 7) is 4.39. The number of nitrogens with one attached hydrogen (secondary N) is 1. The van der Waals surface area contributed by atoms with Crippen molar-refractivity contribution in [2.24, 2.45) is 0 Å². The molecule has 0 saturated carbocycles. The lowest BCUT2D eigenvalue weighted by molar-refractivity contribution is 0.895. The Hall–Kier alpha value is -2.21. The fourth-order valence-corrected chi connectivity index (χ4v) is 2.06. The average molecular weight is 330 g/mol. The van der Waals surface area contributed by atoms with Crippen molar-refractivity contribution in [1.82, 2.24) is 19.7 Å². The van der Waals surface area contributed by atoms with Gasteiger partial charge in [0.05, 0.1) is 17.3 Å². The van der Waals surface area contributed by atoms with Gasteiger partial charge in [-0.1, -0.05) is 40.7 Å². The van der Waals surface area contributed by atoms with Crippen LogP contribution in [0.5, 0.6) is 0 Å². The maximum absolute atomic E-state index is 4.39. The van der Waals surface area contributed by atoms with Crippen molar-refractivity contribution < 1.29 is 0 Å². The van der Waals surface area contributed by atoms with Crippen LogP contribution < -0.4 is 5.32 Å². The summed E-state index contributed by atoms with van der Waals surface area (Å²) in [5, 5.41) is 8.47. The molecule has 0 atom stereocenters. The standard InChI is InChI=1S/C14H12BrN5/c1-10(15)7-16-13-12-8-19-20(14(12)18-9-17-13)11-5-3-2-4-6-11/h2-6,8-9H,1,7H2,(H,16,17,18). The molecule has 0 aliphatic heterocycles. The molecule has 100 valence electrons. The van der Waals surface area contributed by atoms with E-state index in [0.717, 1.165) is 27.0 Å². The van der Waals surface area contributed by atoms with Crippen LogP contribution in [0.15, 0.2) is 53.9 Å². The Labute approximate surface area is 124 Å². The van der Waals surface area contributed by atoms with Gasteiger partial charge in [-0.3, -0.25) is 0 Å². The second-order valence-corrected chi connectivity index (χ2v) is 5.34. The molecule has 6 heteroatoms. The second-order valence-electron chi connectivity index (χ2n) is 4.22. The molecule has 5 nitrogen and oxygen atoms in total. The van der Waals surface area contributed by atoms with Crippen LogP contribution in [-0.4, -0.2) is 26.3 Å². The molecule has 0 fully saturated rings. The van der Waals surface area contributed by atoms with Gasteiger partial charge in [0.15, 0.2) is 5.65 Å². The molecule has 0 spiro atoms. The van der Waals surface area contributed by atoms with Crippen molar-refractivity contribution in [3.63, 3.8) is 0 Å². The predicted molar refractivity (Wildman–Crippen MR) is 83.2 cm³/mol. The quantitative estimate of drug-likeness (QED) is 0.798. The van der Waals surface area contributed by atoms with Crippen LogP contribution in [0.3, 0.4) is 0 Å². The van der Waals surface area contributed by atoms with E-state index in [2.05, 4.69) is 42.9 Å². The molecule has 1 aromatic carbocycles. The van der Waals surface area contributed by atoms with Gasteiger partial charge in [0.2, 0.25) is 0 Å². The number of halogens is 1. The monoisotopic (exact) mass is 329 g/mol. The predicted octanol–water partition coefficient (Wildman–Crippen LogP) is 3.14. The van der Waals surface area contributed by atoms with Crippen LogP contribution in [0.25, 0.3) is 16.7 Å². The molecule has 0 unspecified atom stereocenters. The molecule has 0 bridgehead atoms. The maximum atomic E-state index is 4.39. The lowest BCUT2D eigenvalue weighted by atomic mass is 10.3. The lowest BCUT2D eigenvalue weighted by Gasteiger charge is -2.05. The third-order valence-corrected chi connectivity index (χ3v) is 3.09. The summed E-state index contributed by atoms with van der Waals surface area (Å²) in [6.07, 6.45) is 3.30. The minimum Gasteiger partial charge on any atom is -0.365 e. The number of hydrogen-bond donors (Lipinski definition) is 1. The molecule has 2 heterocycles. The number of fused-ring (bicyclic) bond motifs is 1. The van der Waals surface area contributed by atoms with E-state index in [0.29, 0.717) is 6.54 Å². The zero-order chi connectivity index (χ0) is 13.9. The summed E-state index contributed by atoms with van der Waals surface area (Å²) < 4.78 is 2.66. The van der Waals surface area contributed by atoms with Crippen molar-refractivity contribution in [3.8, 4) is 5.69 Å². The zero-order valence-corrected chi connectivity index (χ0v) is 12.2. The maximum Gasteiger partial charge on any atom is 0.168 e. The number of para-hydroxylation sites is 1. The molecule has 20 heavy (non-hydrogen) atoms. The van der Waals surface area contributed by atoms with Crippen molar-refractivity contribution in [2.45, 2.75) is 0 Å². The molecular weight excluding hydrogens is 318 g/mol. The van der Waals surface area contributed by atoms with Crippen LogP contribution in [0.1, 0.15) is 0 Å². The van der Waals surface area contributed by atoms with Gasteiger partial charge in [-0.25, -0.2) is 14.6 Å². The van der Waals surface area contributed by atoms with Gasteiger partial charge >= 0.3 is 0 Å². The van der Waals surface area contributed by atoms with Gasteiger partial charge in [-0.05, 0) is 12.1 Å². The molecule has 0 saturated heterocycles. The van der Waals surface area contributed by atoms with E-state index in [4.69, 9.17) is 0 Å². The highest BCUT2D eigenvalue weighted by Crippen LogP contribution is 2.21. The first-order valence-electron chi connectivity index (χ1n) is 6.07. The van der Waals surface area contributed by atoms with Crippen LogP contribution in [-0.2, 0) is 0 Å². The Morgan fingerprint density at radius 3 is 2.80 bits per heavy atom. The van der Waals surface area contributed by atoms with Gasteiger partial charge in [0.25, 0.3) is 0 Å². The molecule has 0 amide bonds. The van der Waals surface area contributed by atoms with E-state index in [1.807, 2.05) is 30.3 Å². The van der Waals surface area contributed by atoms with Gasteiger partial charge in [-0.15, -0.1) is 0 Å². The first-order chi connectivity index (χ1) is 9.75. The second kappa shape index (κ2) is 5.42. The normalized spacial score (nSPS) is 10.7. The summed E-state index contributed by atoms with van der Waals surface area (Å²) in [4.78, 5) is 8.57. The van der Waals surface area contributed by atoms with E-state index in [1.54, 1.807) is 10.9 Å². The summed E-state index contributed by atoms with van der Waals surface area (Å²) >= 11 is 3.32. The number of hydrogen-bond acceptors (Lipinski definition) is 4. The van der Waals surface area contributed by atoms with E-state index in [9.17, 15) is 0 Å². The third kappa shape index (κ3) is 2.42. The van der Waals surface area contributed by atoms with E-state index >= 15 is 0 Å². The molecule has 3 rings (SSSR count). The van der Waals surface area contributed by atoms with Crippen molar-refractivity contribution >= 4 is 32.8 Å². The minimum absolute atomic E-state index is 0.600. The first kappa shape index (κ1) is 12.8. The summed E-state index contributed by atoms with van der Waals surface area (Å²) in [5.74, 6) is 0.748. The van der Waals surface area contributed by atoms with Gasteiger partial charge in [0.1, 0.15) is 12.1 Å². The SMILES string of the molecule is C=C(Br)CNc1ncnc2c1cnn2-c1ccccc1. The largest absolute Gasteiger partial charge is 0.365 e. The van der Waals surface area contributed by atoms with Crippen LogP contribution >= 0.6 is 15.9 Å². The Balaban J connectivity index is 2.06. The Morgan fingerprint density at radius 1 is 1.25 bits per heavy atom. The molecule has 3 aromatic rings. The van der Waals surface area contributed by atoms with Crippen LogP contribution in [0.4, 0.5) is 5.82 Å². The summed E-state index contributed by atoms with van der Waals surface area (Å²) in [6, 6.07) is 9.89. The first-order valence-corrected chi connectivity index (χ1v) is 6.86. The molecule has 0 aliphatic rings. The fraction of sp³-hybridized carbons (Fsp3) is 0.0714. The van der Waals surface area contributed by atoms with E-state index < -0.39 is 0 Å². The van der Waals surface area contributed by atoms with Gasteiger partial charge in [0, 0.05) is 11.0 Å². The van der Waals surface area contributed by atoms with Crippen LogP contribution in [0, 0.1) is 0 Å². The van der Waals surface area contributed by atoms with Crippen molar-refractivity contribution in [1.29, 1.82) is 0 Å². The van der Waals surface area contributed by atoms with Gasteiger partial charge < -0.3 is 5.32 Å². The zero-order valence-electron chi connectivity index (χ0n) is 10.6. The Bertz CT molecular complexity index is 751. The van der Waals surface area contributed by atoms with E-state index in [1.165, 1.54) is 6.33 Å². The number of benzene rings is 1. The molecule has 2 aromatic heterocycles. The highest BCUT2D eigenvalue weighted by molar-refractivity contribution is 9.11. The fourth-order valence-electron chi connectivity index (χ4n) is 1.92. The molecule has 0 aliphatic carbocycles. The number of nitrogens with zero attached hydrogens (tertiary/aromatic N) is 4. The number of anilines is 1. The van der Waals surface area contributed by atoms with E-state index in [-0.39, 0.29) is 0 Å².